The van der Waals surface area contributed by atoms with Crippen LogP contribution in [0.25, 0.3) is 11.1 Å². The molecule has 0 fully saturated rings. The van der Waals surface area contributed by atoms with E-state index in [2.05, 4.69) is 65.8 Å². The monoisotopic (exact) mass is 379 g/mol. The molecule has 0 bridgehead atoms. The zero-order valence-electron chi connectivity index (χ0n) is 16.0. The van der Waals surface area contributed by atoms with E-state index in [4.69, 9.17) is 4.74 Å². The standard InChI is InChI=1S/C22H25N3OS/c1-4-5-12-26-21-11-10-19(18-8-6-16(2)7-9-18)13-20(21)14-23-25-22-24-17(3)15-27-22/h6-11,13-15H,4-5,12H2,1-3H3,(H,24,25). The number of thiazole rings is 1. The van der Waals surface area contributed by atoms with Gasteiger partial charge in [0, 0.05) is 10.9 Å². The lowest BCUT2D eigenvalue weighted by Gasteiger charge is -2.11. The molecule has 1 heterocycles. The molecule has 0 saturated carbocycles. The van der Waals surface area contributed by atoms with Crippen LogP contribution in [-0.4, -0.2) is 17.8 Å². The van der Waals surface area contributed by atoms with Gasteiger partial charge >= 0.3 is 0 Å². The van der Waals surface area contributed by atoms with Crippen molar-refractivity contribution in [2.45, 2.75) is 33.6 Å². The lowest BCUT2D eigenvalue weighted by atomic mass is 10.0. The highest BCUT2D eigenvalue weighted by molar-refractivity contribution is 7.13. The Hall–Kier alpha value is -2.66. The molecule has 0 atom stereocenters. The van der Waals surface area contributed by atoms with Gasteiger partial charge in [0.2, 0.25) is 5.13 Å². The maximum absolute atomic E-state index is 5.96. The lowest BCUT2D eigenvalue weighted by Crippen LogP contribution is -2.00. The summed E-state index contributed by atoms with van der Waals surface area (Å²) in [6.07, 6.45) is 3.94. The van der Waals surface area contributed by atoms with Crippen molar-refractivity contribution in [1.29, 1.82) is 0 Å². The Morgan fingerprint density at radius 3 is 2.59 bits per heavy atom. The Morgan fingerprint density at radius 1 is 1.11 bits per heavy atom. The molecule has 0 amide bonds. The largest absolute Gasteiger partial charge is 0.493 e. The third-order valence-corrected chi connectivity index (χ3v) is 5.00. The fraction of sp³-hybridized carbons (Fsp3) is 0.273. The van der Waals surface area contributed by atoms with Crippen LogP contribution < -0.4 is 10.2 Å². The normalized spacial score (nSPS) is 11.1. The van der Waals surface area contributed by atoms with E-state index in [1.54, 1.807) is 6.21 Å². The van der Waals surface area contributed by atoms with E-state index < -0.39 is 0 Å². The van der Waals surface area contributed by atoms with Gasteiger partial charge in [0.05, 0.1) is 18.5 Å². The number of nitrogens with zero attached hydrogens (tertiary/aromatic N) is 2. The lowest BCUT2D eigenvalue weighted by molar-refractivity contribution is 0.309. The van der Waals surface area contributed by atoms with Gasteiger partial charge in [0.15, 0.2) is 0 Å². The molecule has 1 N–H and O–H groups in total. The molecule has 0 spiro atoms. The smallest absolute Gasteiger partial charge is 0.203 e. The van der Waals surface area contributed by atoms with E-state index >= 15 is 0 Å². The van der Waals surface area contributed by atoms with Gasteiger partial charge in [-0.25, -0.2) is 4.98 Å². The van der Waals surface area contributed by atoms with E-state index in [0.717, 1.165) is 40.5 Å². The third-order valence-electron chi connectivity index (χ3n) is 4.13. The number of hydrogen-bond donors (Lipinski definition) is 1. The molecule has 0 aliphatic heterocycles. The van der Waals surface area contributed by atoms with Crippen molar-refractivity contribution in [3.8, 4) is 16.9 Å². The minimum absolute atomic E-state index is 0.709. The predicted molar refractivity (Wildman–Crippen MR) is 115 cm³/mol. The molecule has 1 aromatic heterocycles. The summed E-state index contributed by atoms with van der Waals surface area (Å²) in [5.74, 6) is 0.847. The zero-order valence-corrected chi connectivity index (χ0v) is 16.8. The van der Waals surface area contributed by atoms with Gasteiger partial charge in [-0.15, -0.1) is 11.3 Å². The van der Waals surface area contributed by atoms with Gasteiger partial charge in [-0.2, -0.15) is 5.10 Å². The number of anilines is 1. The number of hydrogen-bond acceptors (Lipinski definition) is 5. The molecule has 0 radical (unpaired) electrons. The van der Waals surface area contributed by atoms with Crippen LogP contribution in [0.1, 0.15) is 36.6 Å². The Balaban J connectivity index is 1.83. The molecule has 3 rings (SSSR count). The Morgan fingerprint density at radius 2 is 1.89 bits per heavy atom. The van der Waals surface area contributed by atoms with Crippen LogP contribution in [-0.2, 0) is 0 Å². The first-order valence-electron chi connectivity index (χ1n) is 9.21. The second-order valence-electron chi connectivity index (χ2n) is 6.48. The minimum Gasteiger partial charge on any atom is -0.493 e. The highest BCUT2D eigenvalue weighted by Gasteiger charge is 2.06. The summed E-state index contributed by atoms with van der Waals surface area (Å²) >= 11 is 1.54. The molecule has 4 nitrogen and oxygen atoms in total. The first-order valence-corrected chi connectivity index (χ1v) is 10.1. The summed E-state index contributed by atoms with van der Waals surface area (Å²) in [5.41, 5.74) is 8.51. The third kappa shape index (κ3) is 5.41. The number of ether oxygens (including phenoxy) is 1. The first-order chi connectivity index (χ1) is 13.2. The van der Waals surface area contributed by atoms with Gasteiger partial charge < -0.3 is 4.74 Å². The van der Waals surface area contributed by atoms with Gasteiger partial charge in [0.1, 0.15) is 5.75 Å². The number of aromatic nitrogens is 1. The Labute approximate surface area is 164 Å². The van der Waals surface area contributed by atoms with Crippen LogP contribution in [0, 0.1) is 13.8 Å². The molecule has 0 aliphatic carbocycles. The second kappa shape index (κ2) is 9.33. The van der Waals surface area contributed by atoms with E-state index in [1.165, 1.54) is 22.5 Å². The Kier molecular flexibility index (Phi) is 6.60. The molecule has 27 heavy (non-hydrogen) atoms. The topological polar surface area (TPSA) is 46.5 Å². The van der Waals surface area contributed by atoms with Crippen LogP contribution in [0.2, 0.25) is 0 Å². The molecule has 2 aromatic carbocycles. The van der Waals surface area contributed by atoms with Crippen molar-refractivity contribution >= 4 is 22.7 Å². The number of nitrogens with one attached hydrogen (secondary N) is 1. The quantitative estimate of drug-likeness (QED) is 0.294. The van der Waals surface area contributed by atoms with Crippen molar-refractivity contribution in [2.24, 2.45) is 5.10 Å². The van der Waals surface area contributed by atoms with Gasteiger partial charge in [-0.1, -0.05) is 49.2 Å². The average molecular weight is 380 g/mol. The highest BCUT2D eigenvalue weighted by Crippen LogP contribution is 2.26. The van der Waals surface area contributed by atoms with E-state index in [0.29, 0.717) is 6.61 Å². The molecular formula is C22H25N3OS. The van der Waals surface area contributed by atoms with Gasteiger partial charge in [-0.05, 0) is 43.5 Å². The predicted octanol–water partition coefficient (Wildman–Crippen LogP) is 6.05. The van der Waals surface area contributed by atoms with Crippen molar-refractivity contribution in [3.05, 3.63) is 64.7 Å². The summed E-state index contributed by atoms with van der Waals surface area (Å²) in [5, 5.41) is 7.14. The molecule has 140 valence electrons. The summed E-state index contributed by atoms with van der Waals surface area (Å²) in [6.45, 7) is 6.93. The van der Waals surface area contributed by atoms with Crippen molar-refractivity contribution in [1.82, 2.24) is 4.98 Å². The summed E-state index contributed by atoms with van der Waals surface area (Å²) < 4.78 is 5.96. The van der Waals surface area contributed by atoms with Crippen molar-refractivity contribution < 1.29 is 4.74 Å². The minimum atomic E-state index is 0.709. The molecular weight excluding hydrogens is 354 g/mol. The van der Waals surface area contributed by atoms with E-state index in [1.807, 2.05) is 18.4 Å². The number of hydrazone groups is 1. The SMILES string of the molecule is CCCCOc1ccc(-c2ccc(C)cc2)cc1C=NNc1nc(C)cs1. The van der Waals surface area contributed by atoms with Crippen LogP contribution in [0.15, 0.2) is 52.9 Å². The fourth-order valence-electron chi connectivity index (χ4n) is 2.60. The highest BCUT2D eigenvalue weighted by atomic mass is 32.1. The number of benzene rings is 2. The van der Waals surface area contributed by atoms with Crippen molar-refractivity contribution in [2.75, 3.05) is 12.0 Å². The number of rotatable bonds is 8. The summed E-state index contributed by atoms with van der Waals surface area (Å²) in [7, 11) is 0. The summed E-state index contributed by atoms with van der Waals surface area (Å²) in [6, 6.07) is 14.8. The fourth-order valence-corrected chi connectivity index (χ4v) is 3.23. The maximum Gasteiger partial charge on any atom is 0.203 e. The molecule has 5 heteroatoms. The van der Waals surface area contributed by atoms with E-state index in [-0.39, 0.29) is 0 Å². The number of aryl methyl sites for hydroxylation is 2. The summed E-state index contributed by atoms with van der Waals surface area (Å²) in [4.78, 5) is 4.36. The number of unbranched alkanes of at least 4 members (excludes halogenated alkanes) is 1. The zero-order chi connectivity index (χ0) is 19.1. The Bertz CT molecular complexity index is 900. The van der Waals surface area contributed by atoms with Crippen molar-refractivity contribution in [3.63, 3.8) is 0 Å². The van der Waals surface area contributed by atoms with E-state index in [9.17, 15) is 0 Å². The van der Waals surface area contributed by atoms with Crippen LogP contribution >= 0.6 is 11.3 Å². The molecule has 0 saturated heterocycles. The maximum atomic E-state index is 5.96. The average Bonchev–Trinajstić information content (AvgIpc) is 3.09. The molecule has 0 aliphatic rings. The molecule has 3 aromatic rings. The first kappa shape index (κ1) is 19.1. The molecule has 0 unspecified atom stereocenters. The van der Waals surface area contributed by atoms with Gasteiger partial charge in [-0.3, -0.25) is 5.43 Å². The van der Waals surface area contributed by atoms with Crippen LogP contribution in [0.5, 0.6) is 5.75 Å². The van der Waals surface area contributed by atoms with Crippen LogP contribution in [0.3, 0.4) is 0 Å². The van der Waals surface area contributed by atoms with Crippen LogP contribution in [0.4, 0.5) is 5.13 Å². The van der Waals surface area contributed by atoms with Gasteiger partial charge in [0.25, 0.3) is 0 Å². The second-order valence-corrected chi connectivity index (χ2v) is 7.34.